The third kappa shape index (κ3) is 3.03. The molecule has 3 rings (SSSR count). The second kappa shape index (κ2) is 6.19. The highest BCUT2D eigenvalue weighted by Gasteiger charge is 2.28. The highest BCUT2D eigenvalue weighted by molar-refractivity contribution is 7.99. The molecule has 1 nitrogen and oxygen atoms in total. The van der Waals surface area contributed by atoms with Crippen LogP contribution in [0.5, 0.6) is 0 Å². The van der Waals surface area contributed by atoms with E-state index in [-0.39, 0.29) is 0 Å². The SMILES string of the molecule is CSC1CCCC1NC(C)c1cc2c(s1)CCCC2. The molecule has 1 saturated carbocycles. The molecule has 0 saturated heterocycles. The summed E-state index contributed by atoms with van der Waals surface area (Å²) >= 11 is 4.11. The average molecular weight is 296 g/mol. The molecular formula is C16H25NS2. The Labute approximate surface area is 125 Å². The van der Waals surface area contributed by atoms with E-state index in [0.717, 1.165) is 11.3 Å². The van der Waals surface area contributed by atoms with Crippen LogP contribution in [0.25, 0.3) is 0 Å². The summed E-state index contributed by atoms with van der Waals surface area (Å²) in [5.41, 5.74) is 1.65. The van der Waals surface area contributed by atoms with Gasteiger partial charge < -0.3 is 5.32 Å². The molecule has 0 bridgehead atoms. The van der Waals surface area contributed by atoms with Gasteiger partial charge in [-0.25, -0.2) is 0 Å². The fourth-order valence-corrected chi connectivity index (χ4v) is 5.74. The van der Waals surface area contributed by atoms with Crippen molar-refractivity contribution in [1.29, 1.82) is 0 Å². The van der Waals surface area contributed by atoms with E-state index >= 15 is 0 Å². The minimum atomic E-state index is 0.536. The van der Waals surface area contributed by atoms with Crippen LogP contribution in [0.15, 0.2) is 6.07 Å². The lowest BCUT2D eigenvalue weighted by molar-refractivity contribution is 0.472. The molecule has 0 radical (unpaired) electrons. The molecule has 2 aliphatic rings. The summed E-state index contributed by atoms with van der Waals surface area (Å²) in [5.74, 6) is 0. The van der Waals surface area contributed by atoms with Crippen molar-refractivity contribution in [2.24, 2.45) is 0 Å². The minimum absolute atomic E-state index is 0.536. The van der Waals surface area contributed by atoms with E-state index < -0.39 is 0 Å². The zero-order chi connectivity index (χ0) is 13.2. The summed E-state index contributed by atoms with van der Waals surface area (Å²) in [6.45, 7) is 2.35. The van der Waals surface area contributed by atoms with Crippen LogP contribution < -0.4 is 5.32 Å². The Hall–Kier alpha value is 0.01000. The maximum absolute atomic E-state index is 3.89. The van der Waals surface area contributed by atoms with Crippen LogP contribution in [0.2, 0.25) is 0 Å². The van der Waals surface area contributed by atoms with Crippen molar-refractivity contribution in [1.82, 2.24) is 5.32 Å². The van der Waals surface area contributed by atoms with Crippen molar-refractivity contribution in [3.63, 3.8) is 0 Å². The van der Waals surface area contributed by atoms with Crippen LogP contribution >= 0.6 is 23.1 Å². The molecule has 19 heavy (non-hydrogen) atoms. The third-order valence-electron chi connectivity index (χ3n) is 4.66. The van der Waals surface area contributed by atoms with Gasteiger partial charge in [-0.3, -0.25) is 0 Å². The van der Waals surface area contributed by atoms with E-state index in [1.807, 2.05) is 11.8 Å². The molecule has 1 aromatic rings. The van der Waals surface area contributed by atoms with Gasteiger partial charge in [0.25, 0.3) is 0 Å². The van der Waals surface area contributed by atoms with Crippen LogP contribution in [-0.4, -0.2) is 17.5 Å². The topological polar surface area (TPSA) is 12.0 Å². The van der Waals surface area contributed by atoms with Gasteiger partial charge in [0.05, 0.1) is 0 Å². The minimum Gasteiger partial charge on any atom is -0.306 e. The van der Waals surface area contributed by atoms with Gasteiger partial charge in [0.15, 0.2) is 0 Å². The summed E-state index contributed by atoms with van der Waals surface area (Å²) in [5, 5.41) is 4.73. The van der Waals surface area contributed by atoms with E-state index in [0.29, 0.717) is 6.04 Å². The second-order valence-corrected chi connectivity index (χ2v) is 8.25. The Morgan fingerprint density at radius 1 is 1.26 bits per heavy atom. The van der Waals surface area contributed by atoms with Gasteiger partial charge in [0.1, 0.15) is 0 Å². The molecule has 3 heteroatoms. The van der Waals surface area contributed by atoms with Gasteiger partial charge in [-0.15, -0.1) is 11.3 Å². The molecule has 1 heterocycles. The molecule has 0 aliphatic heterocycles. The normalized spacial score (nSPS) is 28.3. The van der Waals surface area contributed by atoms with Gasteiger partial charge in [0, 0.05) is 27.1 Å². The zero-order valence-electron chi connectivity index (χ0n) is 12.1. The average Bonchev–Trinajstić information content (AvgIpc) is 3.03. The monoisotopic (exact) mass is 295 g/mol. The van der Waals surface area contributed by atoms with Crippen molar-refractivity contribution in [2.45, 2.75) is 69.2 Å². The lowest BCUT2D eigenvalue weighted by Crippen LogP contribution is -2.35. The summed E-state index contributed by atoms with van der Waals surface area (Å²) < 4.78 is 0. The molecule has 1 aromatic heterocycles. The largest absolute Gasteiger partial charge is 0.306 e. The molecule has 0 aromatic carbocycles. The van der Waals surface area contributed by atoms with Crippen LogP contribution in [0.1, 0.15) is 60.4 Å². The predicted molar refractivity (Wildman–Crippen MR) is 87.5 cm³/mol. The Morgan fingerprint density at radius 3 is 2.89 bits per heavy atom. The van der Waals surface area contributed by atoms with Crippen molar-refractivity contribution in [2.75, 3.05) is 6.26 Å². The second-order valence-electron chi connectivity index (χ2n) is 6.00. The summed E-state index contributed by atoms with van der Waals surface area (Å²) in [7, 11) is 0. The van der Waals surface area contributed by atoms with Crippen molar-refractivity contribution >= 4 is 23.1 Å². The Bertz CT molecular complexity index is 403. The first-order valence-corrected chi connectivity index (χ1v) is 9.78. The quantitative estimate of drug-likeness (QED) is 0.874. The van der Waals surface area contributed by atoms with E-state index in [4.69, 9.17) is 0 Å². The molecule has 1 N–H and O–H groups in total. The van der Waals surface area contributed by atoms with E-state index in [1.54, 1.807) is 15.3 Å². The molecule has 2 aliphatic carbocycles. The number of rotatable bonds is 4. The van der Waals surface area contributed by atoms with Gasteiger partial charge in [-0.1, -0.05) is 6.42 Å². The fourth-order valence-electron chi connectivity index (χ4n) is 3.53. The molecule has 3 unspecified atom stereocenters. The van der Waals surface area contributed by atoms with Gasteiger partial charge >= 0.3 is 0 Å². The van der Waals surface area contributed by atoms with Crippen LogP contribution in [0, 0.1) is 0 Å². The fraction of sp³-hybridized carbons (Fsp3) is 0.750. The van der Waals surface area contributed by atoms with Gasteiger partial charge in [-0.2, -0.15) is 11.8 Å². The molecule has 0 amide bonds. The Kier molecular flexibility index (Phi) is 4.55. The number of thioether (sulfide) groups is 1. The standard InChI is InChI=1S/C16H25NS2/c1-11(17-13-7-5-9-15(13)18-2)16-10-12-6-3-4-8-14(12)19-16/h10-11,13,15,17H,3-9H2,1-2H3. The Balaban J connectivity index is 1.66. The summed E-state index contributed by atoms with van der Waals surface area (Å²) in [6.07, 6.45) is 11.8. The first-order chi connectivity index (χ1) is 9.28. The maximum atomic E-state index is 3.89. The van der Waals surface area contributed by atoms with Crippen molar-refractivity contribution in [3.8, 4) is 0 Å². The van der Waals surface area contributed by atoms with E-state index in [9.17, 15) is 0 Å². The Morgan fingerprint density at radius 2 is 2.11 bits per heavy atom. The smallest absolute Gasteiger partial charge is 0.0388 e. The number of nitrogens with one attached hydrogen (secondary N) is 1. The van der Waals surface area contributed by atoms with E-state index in [1.165, 1.54) is 44.9 Å². The van der Waals surface area contributed by atoms with E-state index in [2.05, 4.69) is 35.9 Å². The molecule has 0 spiro atoms. The highest BCUT2D eigenvalue weighted by atomic mass is 32.2. The van der Waals surface area contributed by atoms with Crippen LogP contribution in [0.4, 0.5) is 0 Å². The predicted octanol–water partition coefficient (Wildman–Crippen LogP) is 4.56. The number of hydrogen-bond acceptors (Lipinski definition) is 3. The lowest BCUT2D eigenvalue weighted by Gasteiger charge is -2.23. The zero-order valence-corrected chi connectivity index (χ0v) is 13.7. The number of thiophene rings is 1. The third-order valence-corrected chi connectivity index (χ3v) is 7.25. The number of hydrogen-bond donors (Lipinski definition) is 1. The first-order valence-electron chi connectivity index (χ1n) is 7.68. The van der Waals surface area contributed by atoms with Crippen LogP contribution in [0.3, 0.4) is 0 Å². The maximum Gasteiger partial charge on any atom is 0.0388 e. The lowest BCUT2D eigenvalue weighted by atomic mass is 9.99. The first kappa shape index (κ1) is 14.0. The van der Waals surface area contributed by atoms with Crippen molar-refractivity contribution < 1.29 is 0 Å². The molecule has 1 fully saturated rings. The summed E-state index contributed by atoms with van der Waals surface area (Å²) in [4.78, 5) is 3.24. The summed E-state index contributed by atoms with van der Waals surface area (Å²) in [6, 6.07) is 3.75. The number of fused-ring (bicyclic) bond motifs is 1. The number of aryl methyl sites for hydroxylation is 2. The molecular weight excluding hydrogens is 270 g/mol. The van der Waals surface area contributed by atoms with Crippen LogP contribution in [-0.2, 0) is 12.8 Å². The van der Waals surface area contributed by atoms with Gasteiger partial charge in [0.2, 0.25) is 0 Å². The van der Waals surface area contributed by atoms with Gasteiger partial charge in [-0.05, 0) is 63.3 Å². The molecule has 106 valence electrons. The van der Waals surface area contributed by atoms with Crippen molar-refractivity contribution in [3.05, 3.63) is 21.4 Å². The highest BCUT2D eigenvalue weighted by Crippen LogP contribution is 2.35. The molecule has 3 atom stereocenters.